The van der Waals surface area contributed by atoms with E-state index in [1.807, 2.05) is 0 Å². The highest BCUT2D eigenvalue weighted by Crippen LogP contribution is 1.95. The van der Waals surface area contributed by atoms with Gasteiger partial charge in [-0.05, 0) is 13.0 Å². The molecule has 3 N–H and O–H groups in total. The Bertz CT molecular complexity index is 402. The number of rotatable bonds is 5. The van der Waals surface area contributed by atoms with Gasteiger partial charge < -0.3 is 15.8 Å². The summed E-state index contributed by atoms with van der Waals surface area (Å²) in [6.45, 7) is 2.11. The van der Waals surface area contributed by atoms with Gasteiger partial charge in [0.25, 0.3) is 0 Å². The fraction of sp³-hybridized carbons (Fsp3) is 0.500. The molecule has 7 nitrogen and oxygen atoms in total. The van der Waals surface area contributed by atoms with Gasteiger partial charge in [0.1, 0.15) is 0 Å². The monoisotopic (exact) mass is 240 g/mol. The predicted octanol–water partition coefficient (Wildman–Crippen LogP) is -1.07. The van der Waals surface area contributed by atoms with Crippen molar-refractivity contribution in [1.29, 1.82) is 0 Å². The summed E-state index contributed by atoms with van der Waals surface area (Å²) in [6, 6.07) is 0.471. The number of aromatic nitrogens is 2. The summed E-state index contributed by atoms with van der Waals surface area (Å²) in [7, 11) is 1.76. The number of amides is 1. The molecule has 0 aliphatic rings. The minimum atomic E-state index is -1.29. The number of carbonyl (C=O) groups excluding carboxylic acids is 2. The maximum absolute atomic E-state index is 11.5. The summed E-state index contributed by atoms with van der Waals surface area (Å²) in [4.78, 5) is 22.7. The van der Waals surface area contributed by atoms with Gasteiger partial charge in [0.15, 0.2) is 6.04 Å². The molecule has 94 valence electrons. The maximum Gasteiger partial charge on any atom is 0.332 e. The minimum absolute atomic E-state index is 0.196. The van der Waals surface area contributed by atoms with Crippen LogP contribution in [0.25, 0.3) is 0 Å². The number of nitrogens with zero attached hydrogens (tertiary/aromatic N) is 2. The first kappa shape index (κ1) is 13.2. The molecule has 1 amide bonds. The lowest BCUT2D eigenvalue weighted by Crippen LogP contribution is -2.46. The fourth-order valence-corrected chi connectivity index (χ4v) is 1.20. The van der Waals surface area contributed by atoms with Crippen molar-refractivity contribution in [2.45, 2.75) is 19.5 Å². The number of carbonyl (C=O) groups is 2. The Morgan fingerprint density at radius 3 is 2.88 bits per heavy atom. The van der Waals surface area contributed by atoms with E-state index in [1.165, 1.54) is 0 Å². The zero-order valence-corrected chi connectivity index (χ0v) is 9.84. The van der Waals surface area contributed by atoms with E-state index in [0.717, 1.165) is 5.69 Å². The number of hydrogen-bond acceptors (Lipinski definition) is 5. The van der Waals surface area contributed by atoms with Crippen molar-refractivity contribution in [2.24, 2.45) is 12.8 Å². The summed E-state index contributed by atoms with van der Waals surface area (Å²) in [5.74, 6) is -1.29. The molecule has 0 saturated heterocycles. The smallest absolute Gasteiger partial charge is 0.332 e. The van der Waals surface area contributed by atoms with Gasteiger partial charge in [0.05, 0.1) is 18.8 Å². The van der Waals surface area contributed by atoms with E-state index in [-0.39, 0.29) is 13.2 Å². The molecule has 1 atom stereocenters. The predicted molar refractivity (Wildman–Crippen MR) is 59.7 cm³/mol. The van der Waals surface area contributed by atoms with Gasteiger partial charge in [-0.1, -0.05) is 0 Å². The molecule has 1 aromatic rings. The van der Waals surface area contributed by atoms with Gasteiger partial charge in [-0.2, -0.15) is 5.10 Å². The Morgan fingerprint density at radius 2 is 2.35 bits per heavy atom. The average Bonchev–Trinajstić information content (AvgIpc) is 2.71. The Labute approximate surface area is 98.9 Å². The number of aryl methyl sites for hydroxylation is 1. The van der Waals surface area contributed by atoms with Crippen molar-refractivity contribution >= 4 is 11.9 Å². The molecule has 0 saturated carbocycles. The van der Waals surface area contributed by atoms with E-state index in [9.17, 15) is 9.59 Å². The molecule has 1 unspecified atom stereocenters. The summed E-state index contributed by atoms with van der Waals surface area (Å²) in [6.07, 6.45) is 1.62. The summed E-state index contributed by atoms with van der Waals surface area (Å²) in [5.41, 5.74) is 6.23. The second-order valence-electron chi connectivity index (χ2n) is 3.39. The van der Waals surface area contributed by atoms with Crippen LogP contribution in [0.4, 0.5) is 0 Å². The molecule has 1 rings (SSSR count). The molecule has 1 heterocycles. The second-order valence-corrected chi connectivity index (χ2v) is 3.39. The van der Waals surface area contributed by atoms with E-state index in [2.05, 4.69) is 15.2 Å². The fourth-order valence-electron chi connectivity index (χ4n) is 1.20. The third kappa shape index (κ3) is 3.56. The molecule has 0 aromatic carbocycles. The first-order valence-corrected chi connectivity index (χ1v) is 5.23. The molecule has 0 aliphatic heterocycles. The van der Waals surface area contributed by atoms with Gasteiger partial charge in [0.2, 0.25) is 5.91 Å². The van der Waals surface area contributed by atoms with Crippen LogP contribution in [0.1, 0.15) is 12.6 Å². The third-order valence-electron chi connectivity index (χ3n) is 2.19. The van der Waals surface area contributed by atoms with Crippen LogP contribution in [0.3, 0.4) is 0 Å². The van der Waals surface area contributed by atoms with Crippen molar-refractivity contribution in [3.8, 4) is 0 Å². The zero-order chi connectivity index (χ0) is 12.8. The van der Waals surface area contributed by atoms with Crippen LogP contribution in [0.15, 0.2) is 12.3 Å². The van der Waals surface area contributed by atoms with Crippen molar-refractivity contribution in [3.63, 3.8) is 0 Å². The number of ether oxygens (including phenoxy) is 1. The Balaban J connectivity index is 2.44. The van der Waals surface area contributed by atoms with Crippen molar-refractivity contribution in [3.05, 3.63) is 18.0 Å². The molecular weight excluding hydrogens is 224 g/mol. The molecule has 1 aromatic heterocycles. The normalized spacial score (nSPS) is 11.9. The highest BCUT2D eigenvalue weighted by atomic mass is 16.5. The van der Waals surface area contributed by atoms with Crippen LogP contribution < -0.4 is 11.1 Å². The highest BCUT2D eigenvalue weighted by Gasteiger charge is 2.23. The van der Waals surface area contributed by atoms with Gasteiger partial charge in [0, 0.05) is 13.2 Å². The first-order chi connectivity index (χ1) is 8.06. The number of hydrogen-bond donors (Lipinski definition) is 2. The molecule has 0 bridgehead atoms. The zero-order valence-electron chi connectivity index (χ0n) is 9.84. The molecular formula is C10H16N4O3. The van der Waals surface area contributed by atoms with Gasteiger partial charge in [-0.25, -0.2) is 4.79 Å². The minimum Gasteiger partial charge on any atom is -0.464 e. The summed E-state index contributed by atoms with van der Waals surface area (Å²) in [5, 5.41) is 6.49. The highest BCUT2D eigenvalue weighted by molar-refractivity contribution is 6.01. The Morgan fingerprint density at radius 1 is 1.65 bits per heavy atom. The standard InChI is InChI=1S/C10H16N4O3/c1-3-17-10(16)8(11)9(15)12-6-7-4-5-13-14(7)2/h4-5,8H,3,6,11H2,1-2H3,(H,12,15). The molecule has 17 heavy (non-hydrogen) atoms. The van der Waals surface area contributed by atoms with E-state index in [0.29, 0.717) is 0 Å². The van der Waals surface area contributed by atoms with Crippen molar-refractivity contribution < 1.29 is 14.3 Å². The van der Waals surface area contributed by atoms with Gasteiger partial charge in [-0.3, -0.25) is 9.48 Å². The lowest BCUT2D eigenvalue weighted by molar-refractivity contribution is -0.148. The molecule has 7 heteroatoms. The number of nitrogens with two attached hydrogens (primary N) is 1. The number of nitrogens with one attached hydrogen (secondary N) is 1. The molecule has 0 radical (unpaired) electrons. The number of esters is 1. The quantitative estimate of drug-likeness (QED) is 0.504. The average molecular weight is 240 g/mol. The first-order valence-electron chi connectivity index (χ1n) is 5.23. The van der Waals surface area contributed by atoms with Crippen LogP contribution >= 0.6 is 0 Å². The lowest BCUT2D eigenvalue weighted by Gasteiger charge is -2.11. The molecule has 0 aliphatic carbocycles. The topological polar surface area (TPSA) is 99.2 Å². The summed E-state index contributed by atoms with van der Waals surface area (Å²) >= 11 is 0. The van der Waals surface area contributed by atoms with Crippen LogP contribution in [0.2, 0.25) is 0 Å². The van der Waals surface area contributed by atoms with Gasteiger partial charge in [-0.15, -0.1) is 0 Å². The molecule has 0 spiro atoms. The Kier molecular flexibility index (Phi) is 4.65. The van der Waals surface area contributed by atoms with Gasteiger partial charge >= 0.3 is 5.97 Å². The van der Waals surface area contributed by atoms with Crippen molar-refractivity contribution in [1.82, 2.24) is 15.1 Å². The Hall–Kier alpha value is -1.89. The van der Waals surface area contributed by atoms with Crippen LogP contribution in [0, 0.1) is 0 Å². The molecule has 0 fully saturated rings. The van der Waals surface area contributed by atoms with E-state index >= 15 is 0 Å². The maximum atomic E-state index is 11.5. The van der Waals surface area contributed by atoms with E-state index in [1.54, 1.807) is 30.9 Å². The largest absolute Gasteiger partial charge is 0.464 e. The van der Waals surface area contributed by atoms with Crippen LogP contribution in [-0.2, 0) is 27.9 Å². The SMILES string of the molecule is CCOC(=O)C(N)C(=O)NCc1ccnn1C. The van der Waals surface area contributed by atoms with Crippen LogP contribution in [-0.4, -0.2) is 34.3 Å². The van der Waals surface area contributed by atoms with E-state index in [4.69, 9.17) is 5.73 Å². The van der Waals surface area contributed by atoms with E-state index < -0.39 is 17.9 Å². The lowest BCUT2D eigenvalue weighted by atomic mass is 10.3. The summed E-state index contributed by atoms with van der Waals surface area (Å²) < 4.78 is 6.26. The van der Waals surface area contributed by atoms with Crippen molar-refractivity contribution in [2.75, 3.05) is 6.61 Å². The third-order valence-corrected chi connectivity index (χ3v) is 2.19. The second kappa shape index (κ2) is 6.00. The van der Waals surface area contributed by atoms with Crippen LogP contribution in [0.5, 0.6) is 0 Å².